The Hall–Kier alpha value is 0.170. The van der Waals surface area contributed by atoms with E-state index in [1.54, 1.807) is 10.8 Å². The molecule has 0 bridgehead atoms. The predicted molar refractivity (Wildman–Crippen MR) is 98.1 cm³/mol. The molecule has 0 spiro atoms. The highest BCUT2D eigenvalue weighted by Crippen LogP contribution is 2.25. The molecule has 4 heteroatoms. The van der Waals surface area contributed by atoms with Crippen LogP contribution in [-0.2, 0) is 4.74 Å². The van der Waals surface area contributed by atoms with Crippen LogP contribution in [-0.4, -0.2) is 17.7 Å². The van der Waals surface area contributed by atoms with Crippen LogP contribution in [0.4, 0.5) is 4.79 Å². The van der Waals surface area contributed by atoms with Crippen molar-refractivity contribution in [2.75, 3.05) is 12.4 Å². The average Bonchev–Trinajstić information content (AvgIpc) is 2.46. The van der Waals surface area contributed by atoms with Crippen LogP contribution in [0.1, 0.15) is 85.0 Å². The molecule has 0 aromatic carbocycles. The molecule has 126 valence electrons. The van der Waals surface area contributed by atoms with Gasteiger partial charge in [0.05, 0.1) is 6.61 Å². The van der Waals surface area contributed by atoms with Crippen molar-refractivity contribution in [2.45, 2.75) is 85.0 Å². The standard InChI is InChI=1S/C17H34O2S2/c1-4-5-6-7-8-9-10-11-12-13-14-20-21-17(18)19-15-16(2)3/h16H,4-15H2,1-3H3. The molecule has 0 aliphatic carbocycles. The van der Waals surface area contributed by atoms with E-state index in [1.807, 2.05) is 0 Å². The summed E-state index contributed by atoms with van der Waals surface area (Å²) in [7, 11) is 2.89. The summed E-state index contributed by atoms with van der Waals surface area (Å²) >= 11 is 0. The van der Waals surface area contributed by atoms with Crippen molar-refractivity contribution in [3.8, 4) is 0 Å². The van der Waals surface area contributed by atoms with Gasteiger partial charge >= 0.3 is 5.30 Å². The van der Waals surface area contributed by atoms with E-state index in [1.165, 1.54) is 75.0 Å². The molecule has 0 fully saturated rings. The maximum Gasteiger partial charge on any atom is 0.378 e. The molecule has 0 saturated carbocycles. The molecule has 0 aromatic rings. The highest BCUT2D eigenvalue weighted by molar-refractivity contribution is 8.82. The first-order valence-electron chi connectivity index (χ1n) is 8.63. The molecule has 0 N–H and O–H groups in total. The molecule has 0 atom stereocenters. The zero-order valence-corrected chi connectivity index (χ0v) is 15.8. The number of hydrogen-bond donors (Lipinski definition) is 0. The minimum atomic E-state index is -0.138. The monoisotopic (exact) mass is 334 g/mol. The summed E-state index contributed by atoms with van der Waals surface area (Å²) in [6, 6.07) is 0. The summed E-state index contributed by atoms with van der Waals surface area (Å²) in [6.07, 6.45) is 13.6. The first-order valence-corrected chi connectivity index (χ1v) is 10.9. The second kappa shape index (κ2) is 16.5. The first-order chi connectivity index (χ1) is 10.2. The van der Waals surface area contributed by atoms with Crippen LogP contribution in [0.5, 0.6) is 0 Å². The molecule has 21 heavy (non-hydrogen) atoms. The van der Waals surface area contributed by atoms with Crippen molar-refractivity contribution in [2.24, 2.45) is 5.92 Å². The Morgan fingerprint density at radius 1 is 0.905 bits per heavy atom. The highest BCUT2D eigenvalue weighted by atomic mass is 33.1. The molecule has 0 aliphatic rings. The van der Waals surface area contributed by atoms with Crippen LogP contribution >= 0.6 is 21.6 Å². The van der Waals surface area contributed by atoms with Crippen LogP contribution < -0.4 is 0 Å². The second-order valence-electron chi connectivity index (χ2n) is 6.04. The SMILES string of the molecule is CCCCCCCCCCCCSSC(=O)OCC(C)C. The van der Waals surface area contributed by atoms with Gasteiger partial charge in [0, 0.05) is 16.5 Å². The van der Waals surface area contributed by atoms with Gasteiger partial charge in [-0.3, -0.25) is 0 Å². The van der Waals surface area contributed by atoms with Gasteiger partial charge in [0.2, 0.25) is 0 Å². The number of rotatable bonds is 14. The third-order valence-electron chi connectivity index (χ3n) is 3.24. The van der Waals surface area contributed by atoms with Crippen molar-refractivity contribution >= 4 is 26.9 Å². The summed E-state index contributed by atoms with van der Waals surface area (Å²) < 4.78 is 5.11. The molecule has 0 unspecified atom stereocenters. The predicted octanol–water partition coefficient (Wildman–Crippen LogP) is 7.08. The average molecular weight is 335 g/mol. The number of carbonyl (C=O) groups excluding carboxylic acids is 1. The molecule has 0 amide bonds. The topological polar surface area (TPSA) is 26.3 Å². The lowest BCUT2D eigenvalue weighted by Gasteiger charge is -2.06. The van der Waals surface area contributed by atoms with Gasteiger partial charge in [-0.1, -0.05) is 89.4 Å². The van der Waals surface area contributed by atoms with Crippen LogP contribution in [0, 0.1) is 5.92 Å². The van der Waals surface area contributed by atoms with E-state index in [0.29, 0.717) is 12.5 Å². The largest absolute Gasteiger partial charge is 0.457 e. The van der Waals surface area contributed by atoms with Crippen molar-refractivity contribution in [3.05, 3.63) is 0 Å². The maximum atomic E-state index is 11.3. The van der Waals surface area contributed by atoms with Crippen molar-refractivity contribution in [1.82, 2.24) is 0 Å². The van der Waals surface area contributed by atoms with Gasteiger partial charge in [0.15, 0.2) is 0 Å². The molecule has 0 rings (SSSR count). The van der Waals surface area contributed by atoms with E-state index < -0.39 is 0 Å². The summed E-state index contributed by atoms with van der Waals surface area (Å²) in [4.78, 5) is 11.3. The van der Waals surface area contributed by atoms with Gasteiger partial charge in [0.25, 0.3) is 0 Å². The molecular weight excluding hydrogens is 300 g/mol. The molecule has 0 aromatic heterocycles. The van der Waals surface area contributed by atoms with Crippen molar-refractivity contribution in [1.29, 1.82) is 0 Å². The van der Waals surface area contributed by atoms with Crippen molar-refractivity contribution < 1.29 is 9.53 Å². The van der Waals surface area contributed by atoms with Gasteiger partial charge in [-0.05, 0) is 12.3 Å². The molecule has 0 aliphatic heterocycles. The Balaban J connectivity index is 3.10. The summed E-state index contributed by atoms with van der Waals surface area (Å²) in [5.74, 6) is 1.47. The van der Waals surface area contributed by atoms with Gasteiger partial charge in [-0.15, -0.1) is 0 Å². The molecule has 2 nitrogen and oxygen atoms in total. The van der Waals surface area contributed by atoms with E-state index in [0.717, 1.165) is 5.75 Å². The lowest BCUT2D eigenvalue weighted by atomic mass is 10.1. The fourth-order valence-electron chi connectivity index (χ4n) is 2.00. The summed E-state index contributed by atoms with van der Waals surface area (Å²) in [6.45, 7) is 6.90. The zero-order valence-electron chi connectivity index (χ0n) is 14.2. The fraction of sp³-hybridized carbons (Fsp3) is 0.941. The van der Waals surface area contributed by atoms with Crippen LogP contribution in [0.25, 0.3) is 0 Å². The van der Waals surface area contributed by atoms with Gasteiger partial charge in [-0.2, -0.15) is 0 Å². The third-order valence-corrected chi connectivity index (χ3v) is 5.33. The lowest BCUT2D eigenvalue weighted by Crippen LogP contribution is -2.04. The quantitative estimate of drug-likeness (QED) is 0.192. The summed E-state index contributed by atoms with van der Waals surface area (Å²) in [5, 5.41) is -0.138. The highest BCUT2D eigenvalue weighted by Gasteiger charge is 2.05. The smallest absolute Gasteiger partial charge is 0.378 e. The molecular formula is C17H34O2S2. The van der Waals surface area contributed by atoms with Gasteiger partial charge < -0.3 is 4.74 Å². The van der Waals surface area contributed by atoms with Gasteiger partial charge in [0.1, 0.15) is 0 Å². The minimum Gasteiger partial charge on any atom is -0.457 e. The Labute approximate surface area is 139 Å². The van der Waals surface area contributed by atoms with Crippen LogP contribution in [0.15, 0.2) is 0 Å². The van der Waals surface area contributed by atoms with E-state index in [-0.39, 0.29) is 5.30 Å². The normalized spacial score (nSPS) is 11.0. The minimum absolute atomic E-state index is 0.138. The van der Waals surface area contributed by atoms with Crippen LogP contribution in [0.3, 0.4) is 0 Å². The van der Waals surface area contributed by atoms with Crippen molar-refractivity contribution in [3.63, 3.8) is 0 Å². The van der Waals surface area contributed by atoms with Gasteiger partial charge in [-0.25, -0.2) is 4.79 Å². The number of unbranched alkanes of at least 4 members (excludes halogenated alkanes) is 9. The van der Waals surface area contributed by atoms with Crippen LogP contribution in [0.2, 0.25) is 0 Å². The third kappa shape index (κ3) is 18.1. The lowest BCUT2D eigenvalue weighted by molar-refractivity contribution is 0.161. The number of ether oxygens (including phenoxy) is 1. The second-order valence-corrected chi connectivity index (χ2v) is 8.39. The van der Waals surface area contributed by atoms with E-state index in [9.17, 15) is 4.79 Å². The maximum absolute atomic E-state index is 11.3. The van der Waals surface area contributed by atoms with E-state index in [4.69, 9.17) is 4.74 Å². The molecule has 0 heterocycles. The first kappa shape index (κ1) is 21.2. The molecule has 0 saturated heterocycles. The van der Waals surface area contributed by atoms with E-state index >= 15 is 0 Å². The summed E-state index contributed by atoms with van der Waals surface area (Å²) in [5.41, 5.74) is 0. The fourth-order valence-corrected chi connectivity index (χ4v) is 3.65. The molecule has 0 radical (unpaired) electrons. The Bertz CT molecular complexity index is 233. The number of carbonyl (C=O) groups is 1. The Morgan fingerprint density at radius 2 is 1.43 bits per heavy atom. The zero-order chi connectivity index (χ0) is 15.8. The van der Waals surface area contributed by atoms with E-state index in [2.05, 4.69) is 20.8 Å². The Morgan fingerprint density at radius 3 is 1.95 bits per heavy atom. The Kier molecular flexibility index (Phi) is 16.7. The number of hydrogen-bond acceptors (Lipinski definition) is 4.